The first-order valence-electron chi connectivity index (χ1n) is 4.97. The van der Waals surface area contributed by atoms with Gasteiger partial charge < -0.3 is 10.5 Å². The monoisotopic (exact) mass is 247 g/mol. The van der Waals surface area contributed by atoms with E-state index < -0.39 is 0 Å². The van der Waals surface area contributed by atoms with Crippen LogP contribution < -0.4 is 10.5 Å². The Kier molecular flexibility index (Phi) is 5.23. The Balaban J connectivity index is 2.50. The van der Waals surface area contributed by atoms with Crippen molar-refractivity contribution in [3.05, 3.63) is 28.2 Å². The van der Waals surface area contributed by atoms with E-state index in [2.05, 4.69) is 0 Å². The predicted octanol–water partition coefficient (Wildman–Crippen LogP) is 3.50. The molecule has 0 aliphatic carbocycles. The molecule has 0 aliphatic rings. The third kappa shape index (κ3) is 3.90. The van der Waals surface area contributed by atoms with Crippen molar-refractivity contribution in [1.29, 1.82) is 0 Å². The van der Waals surface area contributed by atoms with Gasteiger partial charge in [0, 0.05) is 6.04 Å². The maximum atomic E-state index is 5.94. The first-order chi connectivity index (χ1) is 7.15. The molecule has 1 unspecified atom stereocenters. The van der Waals surface area contributed by atoms with E-state index in [-0.39, 0.29) is 6.04 Å². The van der Waals surface area contributed by atoms with Gasteiger partial charge in [0.05, 0.1) is 16.7 Å². The van der Waals surface area contributed by atoms with Crippen molar-refractivity contribution in [2.45, 2.75) is 25.8 Å². The number of halogens is 2. The molecule has 0 saturated heterocycles. The van der Waals surface area contributed by atoms with E-state index in [0.717, 1.165) is 12.8 Å². The topological polar surface area (TPSA) is 35.2 Å². The predicted molar refractivity (Wildman–Crippen MR) is 64.8 cm³/mol. The van der Waals surface area contributed by atoms with E-state index >= 15 is 0 Å². The molecule has 0 amide bonds. The second kappa shape index (κ2) is 6.21. The largest absolute Gasteiger partial charge is 0.490 e. The van der Waals surface area contributed by atoms with E-state index in [4.69, 9.17) is 33.7 Å². The Hall–Kier alpha value is -0.440. The van der Waals surface area contributed by atoms with Crippen LogP contribution in [0.2, 0.25) is 10.0 Å². The Morgan fingerprint density at radius 2 is 1.93 bits per heavy atom. The molecule has 0 aliphatic heterocycles. The van der Waals surface area contributed by atoms with Gasteiger partial charge >= 0.3 is 0 Å². The molecule has 84 valence electrons. The van der Waals surface area contributed by atoms with Gasteiger partial charge in [0.2, 0.25) is 0 Å². The van der Waals surface area contributed by atoms with Crippen LogP contribution in [0.25, 0.3) is 0 Å². The Morgan fingerprint density at radius 3 is 2.47 bits per heavy atom. The third-order valence-corrected chi connectivity index (χ3v) is 2.77. The van der Waals surface area contributed by atoms with Gasteiger partial charge in [0.1, 0.15) is 0 Å². The molecule has 0 radical (unpaired) electrons. The van der Waals surface area contributed by atoms with Crippen LogP contribution in [0.15, 0.2) is 18.2 Å². The second-order valence-electron chi connectivity index (χ2n) is 3.36. The molecule has 0 fully saturated rings. The van der Waals surface area contributed by atoms with Gasteiger partial charge in [-0.15, -0.1) is 0 Å². The van der Waals surface area contributed by atoms with Crippen LogP contribution >= 0.6 is 23.2 Å². The summed E-state index contributed by atoms with van der Waals surface area (Å²) in [4.78, 5) is 0. The molecule has 0 heterocycles. The van der Waals surface area contributed by atoms with Crippen LogP contribution in [0.5, 0.6) is 5.75 Å². The molecular weight excluding hydrogens is 233 g/mol. The molecule has 0 spiro atoms. The quantitative estimate of drug-likeness (QED) is 0.865. The molecule has 0 aromatic heterocycles. The lowest BCUT2D eigenvalue weighted by Crippen LogP contribution is -2.21. The van der Waals surface area contributed by atoms with Crippen molar-refractivity contribution in [3.63, 3.8) is 0 Å². The highest BCUT2D eigenvalue weighted by Gasteiger charge is 2.07. The SMILES string of the molecule is CCC(N)CCOc1c(Cl)cccc1Cl. The molecule has 0 saturated carbocycles. The molecule has 1 aromatic carbocycles. The zero-order valence-electron chi connectivity index (χ0n) is 8.67. The van der Waals surface area contributed by atoms with Gasteiger partial charge in [0.25, 0.3) is 0 Å². The fourth-order valence-corrected chi connectivity index (χ4v) is 1.64. The molecule has 1 rings (SSSR count). The molecular formula is C11H15Cl2NO. The summed E-state index contributed by atoms with van der Waals surface area (Å²) in [7, 11) is 0. The van der Waals surface area contributed by atoms with E-state index in [0.29, 0.717) is 22.4 Å². The number of benzene rings is 1. The number of hydrogen-bond donors (Lipinski definition) is 1. The first kappa shape index (κ1) is 12.6. The number of ether oxygens (including phenoxy) is 1. The number of hydrogen-bond acceptors (Lipinski definition) is 2. The Bertz CT molecular complexity index is 297. The highest BCUT2D eigenvalue weighted by molar-refractivity contribution is 6.37. The number of para-hydroxylation sites is 1. The van der Waals surface area contributed by atoms with Crippen molar-refractivity contribution >= 4 is 23.2 Å². The standard InChI is InChI=1S/C11H15Cl2NO/c1-2-8(14)6-7-15-11-9(12)4-3-5-10(11)13/h3-5,8H,2,6-7,14H2,1H3. The summed E-state index contributed by atoms with van der Waals surface area (Å²) in [5.74, 6) is 0.545. The van der Waals surface area contributed by atoms with Gasteiger partial charge in [-0.2, -0.15) is 0 Å². The maximum Gasteiger partial charge on any atom is 0.156 e. The third-order valence-electron chi connectivity index (χ3n) is 2.18. The average molecular weight is 248 g/mol. The minimum absolute atomic E-state index is 0.172. The van der Waals surface area contributed by atoms with E-state index in [1.165, 1.54) is 0 Å². The summed E-state index contributed by atoms with van der Waals surface area (Å²) >= 11 is 11.9. The van der Waals surface area contributed by atoms with Crippen LogP contribution in [0.4, 0.5) is 0 Å². The van der Waals surface area contributed by atoms with Crippen molar-refractivity contribution in [1.82, 2.24) is 0 Å². The summed E-state index contributed by atoms with van der Waals surface area (Å²) in [6.07, 6.45) is 1.75. The zero-order valence-corrected chi connectivity index (χ0v) is 10.2. The lowest BCUT2D eigenvalue weighted by molar-refractivity contribution is 0.296. The van der Waals surface area contributed by atoms with Crippen molar-refractivity contribution < 1.29 is 4.74 Å². The van der Waals surface area contributed by atoms with E-state index in [1.54, 1.807) is 18.2 Å². The summed E-state index contributed by atoms with van der Waals surface area (Å²) in [5, 5.41) is 1.07. The lowest BCUT2D eigenvalue weighted by atomic mass is 10.2. The van der Waals surface area contributed by atoms with Crippen LogP contribution in [-0.2, 0) is 0 Å². The number of nitrogens with two attached hydrogens (primary N) is 1. The fourth-order valence-electron chi connectivity index (χ4n) is 1.14. The highest BCUT2D eigenvalue weighted by Crippen LogP contribution is 2.32. The zero-order chi connectivity index (χ0) is 11.3. The first-order valence-corrected chi connectivity index (χ1v) is 5.73. The fraction of sp³-hybridized carbons (Fsp3) is 0.455. The summed E-state index contributed by atoms with van der Waals surface area (Å²) in [5.41, 5.74) is 5.77. The minimum atomic E-state index is 0.172. The molecule has 1 atom stereocenters. The van der Waals surface area contributed by atoms with Crippen LogP contribution in [-0.4, -0.2) is 12.6 Å². The number of rotatable bonds is 5. The molecule has 4 heteroatoms. The highest BCUT2D eigenvalue weighted by atomic mass is 35.5. The minimum Gasteiger partial charge on any atom is -0.490 e. The van der Waals surface area contributed by atoms with Gasteiger partial charge in [-0.1, -0.05) is 36.2 Å². The van der Waals surface area contributed by atoms with E-state index in [1.807, 2.05) is 6.92 Å². The van der Waals surface area contributed by atoms with Gasteiger partial charge in [-0.3, -0.25) is 0 Å². The molecule has 15 heavy (non-hydrogen) atoms. The summed E-state index contributed by atoms with van der Waals surface area (Å²) in [6, 6.07) is 5.46. The van der Waals surface area contributed by atoms with Crippen LogP contribution in [0.3, 0.4) is 0 Å². The lowest BCUT2D eigenvalue weighted by Gasteiger charge is -2.12. The van der Waals surface area contributed by atoms with Crippen molar-refractivity contribution in [3.8, 4) is 5.75 Å². The van der Waals surface area contributed by atoms with Crippen molar-refractivity contribution in [2.24, 2.45) is 5.73 Å². The van der Waals surface area contributed by atoms with Gasteiger partial charge in [-0.05, 0) is 25.0 Å². The van der Waals surface area contributed by atoms with Crippen LogP contribution in [0, 0.1) is 0 Å². The van der Waals surface area contributed by atoms with Gasteiger partial charge in [-0.25, -0.2) is 0 Å². The van der Waals surface area contributed by atoms with Crippen molar-refractivity contribution in [2.75, 3.05) is 6.61 Å². The van der Waals surface area contributed by atoms with E-state index in [9.17, 15) is 0 Å². The van der Waals surface area contributed by atoms with Gasteiger partial charge in [0.15, 0.2) is 5.75 Å². The normalized spacial score (nSPS) is 12.5. The summed E-state index contributed by atoms with van der Waals surface area (Å²) < 4.78 is 5.50. The maximum absolute atomic E-state index is 5.94. The smallest absolute Gasteiger partial charge is 0.156 e. The summed E-state index contributed by atoms with van der Waals surface area (Å²) in [6.45, 7) is 2.59. The Morgan fingerprint density at radius 1 is 1.33 bits per heavy atom. The molecule has 0 bridgehead atoms. The molecule has 2 N–H and O–H groups in total. The molecule has 2 nitrogen and oxygen atoms in total. The van der Waals surface area contributed by atoms with Crippen LogP contribution in [0.1, 0.15) is 19.8 Å². The Labute approximate surface area is 100 Å². The molecule has 1 aromatic rings. The average Bonchev–Trinajstić information content (AvgIpc) is 2.22. The second-order valence-corrected chi connectivity index (χ2v) is 4.17.